The molecule has 0 radical (unpaired) electrons. The third-order valence-corrected chi connectivity index (χ3v) is 8.10. The number of amides is 2. The van der Waals surface area contributed by atoms with E-state index in [1.807, 2.05) is 13.0 Å². The van der Waals surface area contributed by atoms with E-state index in [0.717, 1.165) is 17.7 Å². The van der Waals surface area contributed by atoms with Gasteiger partial charge >= 0.3 is 0 Å². The Morgan fingerprint density at radius 2 is 2.19 bits per heavy atom. The highest BCUT2D eigenvalue weighted by molar-refractivity contribution is 8.01. The smallest absolute Gasteiger partial charge is 0.238 e. The summed E-state index contributed by atoms with van der Waals surface area (Å²) in [6.45, 7) is 2.56. The van der Waals surface area contributed by atoms with E-state index in [1.54, 1.807) is 17.0 Å². The van der Waals surface area contributed by atoms with E-state index in [2.05, 4.69) is 5.32 Å². The molecule has 0 aromatic heterocycles. The molecule has 1 saturated heterocycles. The molecule has 1 aromatic carbocycles. The number of nitrogens with zero attached hydrogens (tertiary/aromatic N) is 1. The second kappa shape index (κ2) is 8.41. The van der Waals surface area contributed by atoms with Crippen molar-refractivity contribution >= 4 is 50.7 Å². The Balaban J connectivity index is 1.71. The molecule has 27 heavy (non-hydrogen) atoms. The van der Waals surface area contributed by atoms with Crippen LogP contribution in [0.2, 0.25) is 5.02 Å². The summed E-state index contributed by atoms with van der Waals surface area (Å²) in [7, 11) is -3.08. The number of sulfone groups is 1. The highest BCUT2D eigenvalue weighted by Crippen LogP contribution is 2.38. The lowest BCUT2D eigenvalue weighted by atomic mass is 10.1. The molecule has 6 nitrogen and oxygen atoms in total. The SMILES string of the molecule is CCCCN(C(=O)CC1Sc2ccc(Cl)cc2NC1=O)C1CCS(=O)(=O)C1. The molecule has 2 atom stereocenters. The predicted molar refractivity (Wildman–Crippen MR) is 108 cm³/mol. The van der Waals surface area contributed by atoms with Gasteiger partial charge in [0.1, 0.15) is 0 Å². The van der Waals surface area contributed by atoms with E-state index in [0.29, 0.717) is 23.7 Å². The van der Waals surface area contributed by atoms with Gasteiger partial charge in [-0.3, -0.25) is 9.59 Å². The fourth-order valence-electron chi connectivity index (χ4n) is 3.39. The number of anilines is 1. The average Bonchev–Trinajstić information content (AvgIpc) is 2.96. The molecule has 9 heteroatoms. The Morgan fingerprint density at radius 1 is 1.41 bits per heavy atom. The Bertz CT molecular complexity index is 844. The van der Waals surface area contributed by atoms with Crippen LogP contribution in [0.15, 0.2) is 23.1 Å². The minimum Gasteiger partial charge on any atom is -0.339 e. The van der Waals surface area contributed by atoms with E-state index in [9.17, 15) is 18.0 Å². The number of thioether (sulfide) groups is 1. The Kier molecular flexibility index (Phi) is 6.38. The minimum atomic E-state index is -3.08. The first-order valence-electron chi connectivity index (χ1n) is 9.06. The first kappa shape index (κ1) is 20.5. The van der Waals surface area contributed by atoms with Crippen LogP contribution in [0.4, 0.5) is 5.69 Å². The van der Waals surface area contributed by atoms with Gasteiger partial charge in [-0.2, -0.15) is 0 Å². The maximum atomic E-state index is 12.9. The monoisotopic (exact) mass is 430 g/mol. The number of hydrogen-bond acceptors (Lipinski definition) is 5. The molecule has 148 valence electrons. The molecule has 2 amide bonds. The molecule has 1 N–H and O–H groups in total. The summed E-state index contributed by atoms with van der Waals surface area (Å²) < 4.78 is 23.7. The molecule has 2 aliphatic rings. The summed E-state index contributed by atoms with van der Waals surface area (Å²) in [6.07, 6.45) is 2.26. The first-order valence-corrected chi connectivity index (χ1v) is 12.1. The van der Waals surface area contributed by atoms with Gasteiger partial charge < -0.3 is 10.2 Å². The van der Waals surface area contributed by atoms with Gasteiger partial charge in [0.25, 0.3) is 0 Å². The lowest BCUT2D eigenvalue weighted by molar-refractivity contribution is -0.134. The molecule has 0 spiro atoms. The van der Waals surface area contributed by atoms with Crippen LogP contribution in [0.5, 0.6) is 0 Å². The largest absolute Gasteiger partial charge is 0.339 e. The van der Waals surface area contributed by atoms with Crippen molar-refractivity contribution in [3.63, 3.8) is 0 Å². The number of carbonyl (C=O) groups excluding carboxylic acids is 2. The predicted octanol–water partition coefficient (Wildman–Crippen LogP) is 2.96. The highest BCUT2D eigenvalue weighted by Gasteiger charge is 2.37. The number of hydrogen-bond donors (Lipinski definition) is 1. The fourth-order valence-corrected chi connectivity index (χ4v) is 6.38. The molecule has 2 unspecified atom stereocenters. The number of halogens is 1. The van der Waals surface area contributed by atoms with Crippen molar-refractivity contribution in [1.82, 2.24) is 4.90 Å². The normalized spacial score (nSPS) is 23.6. The third kappa shape index (κ3) is 4.97. The number of rotatable bonds is 6. The topological polar surface area (TPSA) is 83.6 Å². The summed E-state index contributed by atoms with van der Waals surface area (Å²) in [4.78, 5) is 27.9. The number of unbranched alkanes of at least 4 members (excludes halogenated alkanes) is 1. The summed E-state index contributed by atoms with van der Waals surface area (Å²) in [5, 5.41) is 2.82. The molecule has 1 aromatic rings. The van der Waals surface area contributed by atoms with Gasteiger partial charge in [0.15, 0.2) is 9.84 Å². The van der Waals surface area contributed by atoms with Crippen molar-refractivity contribution in [3.05, 3.63) is 23.2 Å². The van der Waals surface area contributed by atoms with Crippen LogP contribution in [0.1, 0.15) is 32.6 Å². The van der Waals surface area contributed by atoms with E-state index in [4.69, 9.17) is 11.6 Å². The minimum absolute atomic E-state index is 0.0216. The third-order valence-electron chi connectivity index (χ3n) is 4.84. The van der Waals surface area contributed by atoms with E-state index in [-0.39, 0.29) is 35.8 Å². The number of nitrogens with one attached hydrogen (secondary N) is 1. The van der Waals surface area contributed by atoms with Crippen molar-refractivity contribution < 1.29 is 18.0 Å². The zero-order chi connectivity index (χ0) is 19.6. The number of benzene rings is 1. The lowest BCUT2D eigenvalue weighted by Gasteiger charge is -2.31. The van der Waals surface area contributed by atoms with Crippen molar-refractivity contribution in [3.8, 4) is 0 Å². The van der Waals surface area contributed by atoms with Gasteiger partial charge in [0.05, 0.1) is 22.4 Å². The van der Waals surface area contributed by atoms with Gasteiger partial charge in [-0.1, -0.05) is 24.9 Å². The highest BCUT2D eigenvalue weighted by atomic mass is 35.5. The van der Waals surface area contributed by atoms with Gasteiger partial charge in [-0.05, 0) is 31.0 Å². The molecule has 2 heterocycles. The van der Waals surface area contributed by atoms with E-state index in [1.165, 1.54) is 11.8 Å². The molecule has 2 aliphatic heterocycles. The first-order chi connectivity index (χ1) is 12.8. The number of carbonyl (C=O) groups is 2. The van der Waals surface area contributed by atoms with E-state index < -0.39 is 15.1 Å². The Labute approximate surface area is 168 Å². The maximum absolute atomic E-state index is 12.9. The van der Waals surface area contributed by atoms with Crippen molar-refractivity contribution in [2.75, 3.05) is 23.4 Å². The Morgan fingerprint density at radius 3 is 2.85 bits per heavy atom. The van der Waals surface area contributed by atoms with Crippen molar-refractivity contribution in [2.24, 2.45) is 0 Å². The summed E-state index contributed by atoms with van der Waals surface area (Å²) in [5.41, 5.74) is 0.658. The zero-order valence-electron chi connectivity index (χ0n) is 15.1. The molecule has 0 bridgehead atoms. The summed E-state index contributed by atoms with van der Waals surface area (Å²) in [5.74, 6) is -0.234. The second-order valence-electron chi connectivity index (χ2n) is 6.94. The summed E-state index contributed by atoms with van der Waals surface area (Å²) in [6, 6.07) is 4.99. The molecular weight excluding hydrogens is 408 g/mol. The standard InChI is InChI=1S/C18H23ClN2O4S2/c1-2-3-7-21(13-6-8-27(24,25)11-13)17(22)10-16-18(23)20-14-9-12(19)4-5-15(14)26-16/h4-5,9,13,16H,2-3,6-8,10-11H2,1H3,(H,20,23). The second-order valence-corrected chi connectivity index (χ2v) is 10.8. The zero-order valence-corrected chi connectivity index (χ0v) is 17.5. The van der Waals surface area contributed by atoms with Crippen LogP contribution >= 0.6 is 23.4 Å². The lowest BCUT2D eigenvalue weighted by Crippen LogP contribution is -2.44. The van der Waals surface area contributed by atoms with Crippen LogP contribution in [0.3, 0.4) is 0 Å². The van der Waals surface area contributed by atoms with Crippen LogP contribution in [0, 0.1) is 0 Å². The van der Waals surface area contributed by atoms with Crippen LogP contribution in [-0.4, -0.2) is 54.5 Å². The Hall–Kier alpha value is -1.25. The van der Waals surface area contributed by atoms with Gasteiger partial charge in [0, 0.05) is 28.9 Å². The summed E-state index contributed by atoms with van der Waals surface area (Å²) >= 11 is 7.31. The fraction of sp³-hybridized carbons (Fsp3) is 0.556. The van der Waals surface area contributed by atoms with Gasteiger partial charge in [0.2, 0.25) is 11.8 Å². The van der Waals surface area contributed by atoms with Crippen LogP contribution in [0.25, 0.3) is 0 Å². The maximum Gasteiger partial charge on any atom is 0.238 e. The van der Waals surface area contributed by atoms with Crippen LogP contribution < -0.4 is 5.32 Å². The van der Waals surface area contributed by atoms with Crippen molar-refractivity contribution in [1.29, 1.82) is 0 Å². The number of fused-ring (bicyclic) bond motifs is 1. The van der Waals surface area contributed by atoms with Crippen LogP contribution in [-0.2, 0) is 19.4 Å². The van der Waals surface area contributed by atoms with Crippen molar-refractivity contribution in [2.45, 2.75) is 48.8 Å². The molecule has 1 fully saturated rings. The molecule has 3 rings (SSSR count). The molecule has 0 aliphatic carbocycles. The quantitative estimate of drug-likeness (QED) is 0.750. The van der Waals surface area contributed by atoms with Gasteiger partial charge in [-0.15, -0.1) is 11.8 Å². The molecular formula is C18H23ClN2O4S2. The average molecular weight is 431 g/mol. The van der Waals surface area contributed by atoms with Gasteiger partial charge in [-0.25, -0.2) is 8.42 Å². The molecule has 0 saturated carbocycles. The van der Waals surface area contributed by atoms with E-state index >= 15 is 0 Å².